The summed E-state index contributed by atoms with van der Waals surface area (Å²) in [6.07, 6.45) is 5.26. The number of fused-ring (bicyclic) bond motifs is 1. The first-order valence-electron chi connectivity index (χ1n) is 15.3. The van der Waals surface area contributed by atoms with Crippen LogP contribution in [0.5, 0.6) is 0 Å². The van der Waals surface area contributed by atoms with E-state index in [1.807, 2.05) is 66.7 Å². The van der Waals surface area contributed by atoms with Crippen molar-refractivity contribution in [3.05, 3.63) is 106 Å². The Labute approximate surface area is 272 Å². The summed E-state index contributed by atoms with van der Waals surface area (Å²) < 4.78 is 0.734. The summed E-state index contributed by atoms with van der Waals surface area (Å²) in [5.74, 6) is -1.31. The summed E-state index contributed by atoms with van der Waals surface area (Å²) in [5.41, 5.74) is 1.75. The smallest absolute Gasteiger partial charge is 0.264 e. The molecule has 3 amide bonds. The Hall–Kier alpha value is -3.83. The molecule has 2 aliphatic rings. The maximum Gasteiger partial charge on any atom is 0.264 e. The van der Waals surface area contributed by atoms with Crippen LogP contribution in [0.25, 0.3) is 0 Å². The van der Waals surface area contributed by atoms with Crippen LogP contribution in [0.1, 0.15) is 42.9 Å². The van der Waals surface area contributed by atoms with Crippen molar-refractivity contribution in [2.24, 2.45) is 5.92 Å². The van der Waals surface area contributed by atoms with Crippen LogP contribution in [0.15, 0.2) is 89.4 Å². The lowest BCUT2D eigenvalue weighted by atomic mass is 9.83. The molecule has 1 saturated heterocycles. The van der Waals surface area contributed by atoms with Crippen LogP contribution >= 0.6 is 15.9 Å². The van der Waals surface area contributed by atoms with Crippen molar-refractivity contribution >= 4 is 45.0 Å². The number of hydrogen-bond acceptors (Lipinski definition) is 6. The SMILES string of the molecule is C[C@H](/C=C/CC(=O)N(CCO)Cc1ccccc1)[C@@]1(O)C(=O)N(Cc2ccc(NC(=O)[C@H]3CCCN3)cc2)c2ccc(Br)cc21. The minimum atomic E-state index is -1.84. The second-order valence-corrected chi connectivity index (χ2v) is 12.5. The first-order chi connectivity index (χ1) is 21.7. The molecule has 0 bridgehead atoms. The lowest BCUT2D eigenvalue weighted by molar-refractivity contribution is -0.139. The third-order valence-electron chi connectivity index (χ3n) is 8.49. The van der Waals surface area contributed by atoms with Gasteiger partial charge < -0.3 is 30.6 Å². The third kappa shape index (κ3) is 7.36. The van der Waals surface area contributed by atoms with Crippen LogP contribution in [0, 0.1) is 5.92 Å². The second kappa shape index (κ2) is 14.5. The Morgan fingerprint density at radius 2 is 1.89 bits per heavy atom. The number of anilines is 2. The molecular weight excluding hydrogens is 636 g/mol. The summed E-state index contributed by atoms with van der Waals surface area (Å²) in [6.45, 7) is 3.28. The fourth-order valence-electron chi connectivity index (χ4n) is 5.95. The predicted octanol–water partition coefficient (Wildman–Crippen LogP) is 4.48. The Morgan fingerprint density at radius 1 is 1.13 bits per heavy atom. The van der Waals surface area contributed by atoms with Crippen molar-refractivity contribution in [2.75, 3.05) is 29.9 Å². The van der Waals surface area contributed by atoms with Crippen molar-refractivity contribution in [1.29, 1.82) is 0 Å². The summed E-state index contributed by atoms with van der Waals surface area (Å²) in [7, 11) is 0. The van der Waals surface area contributed by atoms with Gasteiger partial charge in [0.25, 0.3) is 5.91 Å². The van der Waals surface area contributed by atoms with Crippen LogP contribution in [0.4, 0.5) is 11.4 Å². The number of rotatable bonds is 12. The van der Waals surface area contributed by atoms with Gasteiger partial charge in [-0.1, -0.05) is 77.5 Å². The molecule has 236 valence electrons. The molecule has 3 aromatic carbocycles. The molecule has 1 fully saturated rings. The number of nitrogens with one attached hydrogen (secondary N) is 2. The average Bonchev–Trinajstić information content (AvgIpc) is 3.65. The molecule has 3 atom stereocenters. The zero-order chi connectivity index (χ0) is 32.0. The maximum absolute atomic E-state index is 14.0. The van der Waals surface area contributed by atoms with E-state index in [2.05, 4.69) is 26.6 Å². The predicted molar refractivity (Wildman–Crippen MR) is 177 cm³/mol. The van der Waals surface area contributed by atoms with E-state index in [-0.39, 0.29) is 44.0 Å². The normalized spacial score (nSPS) is 20.0. The highest BCUT2D eigenvalue weighted by Gasteiger charge is 2.52. The first-order valence-corrected chi connectivity index (χ1v) is 16.1. The van der Waals surface area contributed by atoms with E-state index in [1.165, 1.54) is 0 Å². The molecule has 2 aliphatic heterocycles. The lowest BCUT2D eigenvalue weighted by Gasteiger charge is -2.28. The van der Waals surface area contributed by atoms with Gasteiger partial charge in [-0.05, 0) is 60.8 Å². The van der Waals surface area contributed by atoms with Crippen molar-refractivity contribution in [1.82, 2.24) is 10.2 Å². The van der Waals surface area contributed by atoms with Gasteiger partial charge in [-0.15, -0.1) is 0 Å². The summed E-state index contributed by atoms with van der Waals surface area (Å²) in [5, 5.41) is 27.7. The number of benzene rings is 3. The van der Waals surface area contributed by atoms with Crippen molar-refractivity contribution < 1.29 is 24.6 Å². The molecule has 0 radical (unpaired) electrons. The highest BCUT2D eigenvalue weighted by molar-refractivity contribution is 9.10. The first kappa shape index (κ1) is 32.6. The van der Waals surface area contributed by atoms with Crippen LogP contribution < -0.4 is 15.5 Å². The van der Waals surface area contributed by atoms with Crippen molar-refractivity contribution in [3.63, 3.8) is 0 Å². The molecule has 45 heavy (non-hydrogen) atoms. The molecule has 0 spiro atoms. The largest absolute Gasteiger partial charge is 0.395 e. The number of carbonyl (C=O) groups is 3. The van der Waals surface area contributed by atoms with E-state index in [1.54, 1.807) is 34.9 Å². The molecular formula is C35H39BrN4O5. The standard InChI is InChI=1S/C35H39BrN4O5/c1-24(7-5-11-32(42)39(19-20-41)22-25-8-3-2-4-9-25)35(45)29-21-27(36)14-17-31(29)40(34(35)44)23-26-12-15-28(16-13-26)38-33(43)30-10-6-18-37-30/h2-5,7-9,12-17,21,24,30,37,41,45H,6,10-11,18-20,22-23H2,1H3,(H,38,43)/b7-5+/t24-,30-,35+/m1/s1. The Kier molecular flexibility index (Phi) is 10.5. The maximum atomic E-state index is 14.0. The molecule has 4 N–H and O–H groups in total. The zero-order valence-corrected chi connectivity index (χ0v) is 26.9. The van der Waals surface area contributed by atoms with Gasteiger partial charge in [0.15, 0.2) is 5.60 Å². The fraction of sp³-hybridized carbons (Fsp3) is 0.343. The van der Waals surface area contributed by atoms with Crippen LogP contribution in [-0.4, -0.2) is 58.6 Å². The van der Waals surface area contributed by atoms with Crippen molar-refractivity contribution in [3.8, 4) is 0 Å². The van der Waals surface area contributed by atoms with E-state index < -0.39 is 17.4 Å². The van der Waals surface area contributed by atoms with Crippen LogP contribution in [-0.2, 0) is 33.1 Å². The molecule has 3 aromatic rings. The topological polar surface area (TPSA) is 122 Å². The number of halogens is 1. The van der Waals surface area contributed by atoms with E-state index in [0.717, 1.165) is 35.0 Å². The molecule has 10 heteroatoms. The van der Waals surface area contributed by atoms with Crippen LogP contribution in [0.2, 0.25) is 0 Å². The van der Waals surface area contributed by atoms with E-state index in [9.17, 15) is 24.6 Å². The molecule has 2 heterocycles. The lowest BCUT2D eigenvalue weighted by Crippen LogP contribution is -2.44. The van der Waals surface area contributed by atoms with Crippen molar-refractivity contribution in [2.45, 2.75) is 50.9 Å². The zero-order valence-electron chi connectivity index (χ0n) is 25.3. The van der Waals surface area contributed by atoms with E-state index in [0.29, 0.717) is 23.5 Å². The Balaban J connectivity index is 1.28. The molecule has 0 aromatic heterocycles. The minimum Gasteiger partial charge on any atom is -0.395 e. The minimum absolute atomic E-state index is 0.0550. The monoisotopic (exact) mass is 674 g/mol. The van der Waals surface area contributed by atoms with Gasteiger partial charge in [0.1, 0.15) is 0 Å². The molecule has 9 nitrogen and oxygen atoms in total. The molecule has 5 rings (SSSR count). The summed E-state index contributed by atoms with van der Waals surface area (Å²) in [4.78, 5) is 42.6. The highest BCUT2D eigenvalue weighted by atomic mass is 79.9. The quantitative estimate of drug-likeness (QED) is 0.210. The Bertz CT molecular complexity index is 1540. The third-order valence-corrected chi connectivity index (χ3v) is 8.98. The molecule has 0 unspecified atom stereocenters. The number of aliphatic hydroxyl groups excluding tert-OH is 1. The molecule has 0 aliphatic carbocycles. The number of nitrogens with zero attached hydrogens (tertiary/aromatic N) is 2. The van der Waals surface area contributed by atoms with Gasteiger partial charge in [0.2, 0.25) is 11.8 Å². The highest BCUT2D eigenvalue weighted by Crippen LogP contribution is 2.46. The average molecular weight is 676 g/mol. The fourth-order valence-corrected chi connectivity index (χ4v) is 6.31. The van der Waals surface area contributed by atoms with Gasteiger partial charge in [0.05, 0.1) is 24.9 Å². The van der Waals surface area contributed by atoms with Gasteiger partial charge in [-0.3, -0.25) is 14.4 Å². The Morgan fingerprint density at radius 3 is 2.58 bits per heavy atom. The van der Waals surface area contributed by atoms with Gasteiger partial charge in [0, 0.05) is 41.2 Å². The van der Waals surface area contributed by atoms with Gasteiger partial charge in [-0.2, -0.15) is 0 Å². The van der Waals surface area contributed by atoms with E-state index in [4.69, 9.17) is 0 Å². The number of carbonyl (C=O) groups excluding carboxylic acids is 3. The van der Waals surface area contributed by atoms with E-state index >= 15 is 0 Å². The van der Waals surface area contributed by atoms with Gasteiger partial charge in [-0.25, -0.2) is 0 Å². The van der Waals surface area contributed by atoms with Gasteiger partial charge >= 0.3 is 0 Å². The van der Waals surface area contributed by atoms with Crippen LogP contribution in [0.3, 0.4) is 0 Å². The number of amides is 3. The summed E-state index contributed by atoms with van der Waals surface area (Å²) >= 11 is 3.49. The number of aliphatic hydroxyl groups is 2. The molecule has 0 saturated carbocycles. The second-order valence-electron chi connectivity index (χ2n) is 11.6. The number of hydrogen-bond donors (Lipinski definition) is 4. The summed E-state index contributed by atoms with van der Waals surface area (Å²) in [6, 6.07) is 22.2.